The van der Waals surface area contributed by atoms with Gasteiger partial charge in [-0.25, -0.2) is 0 Å². The Labute approximate surface area is 131 Å². The molecule has 2 heterocycles. The van der Waals surface area contributed by atoms with Crippen LogP contribution < -0.4 is 10.1 Å². The molecule has 3 rings (SSSR count). The van der Waals surface area contributed by atoms with Gasteiger partial charge in [-0.2, -0.15) is 0 Å². The number of nitrogens with one attached hydrogen (secondary N) is 1. The second kappa shape index (κ2) is 6.67. The van der Waals surface area contributed by atoms with E-state index in [-0.39, 0.29) is 18.1 Å². The number of fused-ring (bicyclic) bond motifs is 1. The van der Waals surface area contributed by atoms with Crippen molar-refractivity contribution in [2.24, 2.45) is 0 Å². The minimum Gasteiger partial charge on any atom is -0.492 e. The second-order valence-electron chi connectivity index (χ2n) is 6.28. The molecule has 2 aliphatic rings. The van der Waals surface area contributed by atoms with Gasteiger partial charge in [0.25, 0.3) is 5.91 Å². The monoisotopic (exact) mass is 304 g/mol. The van der Waals surface area contributed by atoms with Gasteiger partial charge in [0, 0.05) is 26.7 Å². The Hall–Kier alpha value is -1.59. The first-order chi connectivity index (χ1) is 10.6. The van der Waals surface area contributed by atoms with Gasteiger partial charge in [0.15, 0.2) is 0 Å². The number of para-hydroxylation sites is 1. The molecular weight excluding hydrogens is 280 g/mol. The molecule has 5 heteroatoms. The molecular formula is C17H24N2O3. The van der Waals surface area contributed by atoms with Gasteiger partial charge in [0.2, 0.25) is 0 Å². The summed E-state index contributed by atoms with van der Waals surface area (Å²) in [5, 5.41) is 3.52. The Bertz CT molecular complexity index is 532. The largest absolute Gasteiger partial charge is 0.492 e. The van der Waals surface area contributed by atoms with Crippen LogP contribution in [0.5, 0.6) is 5.75 Å². The Morgan fingerprint density at radius 1 is 1.32 bits per heavy atom. The highest BCUT2D eigenvalue weighted by molar-refractivity contribution is 5.80. The Morgan fingerprint density at radius 3 is 2.95 bits per heavy atom. The van der Waals surface area contributed by atoms with E-state index in [1.54, 1.807) is 19.0 Å². The summed E-state index contributed by atoms with van der Waals surface area (Å²) in [5.41, 5.74) is 1.25. The number of benzene rings is 1. The SMILES string of the molecule is CN(C)C(=O)[C@@H]1CC[C@@H](CN[C@@H]2COc3ccccc3C2)O1. The van der Waals surface area contributed by atoms with Crippen LogP contribution in [-0.2, 0) is 16.0 Å². The highest BCUT2D eigenvalue weighted by atomic mass is 16.5. The van der Waals surface area contributed by atoms with Crippen molar-refractivity contribution < 1.29 is 14.3 Å². The van der Waals surface area contributed by atoms with E-state index >= 15 is 0 Å². The molecule has 0 bridgehead atoms. The lowest BCUT2D eigenvalue weighted by atomic mass is 10.0. The number of amides is 1. The molecule has 0 unspecified atom stereocenters. The molecule has 0 spiro atoms. The lowest BCUT2D eigenvalue weighted by Gasteiger charge is -2.27. The molecule has 1 aromatic carbocycles. The van der Waals surface area contributed by atoms with Gasteiger partial charge in [-0.05, 0) is 30.9 Å². The number of hydrogen-bond acceptors (Lipinski definition) is 4. The summed E-state index contributed by atoms with van der Waals surface area (Å²) in [4.78, 5) is 13.5. The van der Waals surface area contributed by atoms with Crippen LogP contribution in [0, 0.1) is 0 Å². The van der Waals surface area contributed by atoms with Crippen LogP contribution in [0.3, 0.4) is 0 Å². The van der Waals surface area contributed by atoms with E-state index in [1.807, 2.05) is 18.2 Å². The summed E-state index contributed by atoms with van der Waals surface area (Å²) < 4.78 is 11.6. The van der Waals surface area contributed by atoms with E-state index in [9.17, 15) is 4.79 Å². The fourth-order valence-electron chi connectivity index (χ4n) is 3.08. The standard InChI is InChI=1S/C17H24N2O3/c1-19(2)17(20)16-8-7-14(22-16)10-18-13-9-12-5-3-4-6-15(12)21-11-13/h3-6,13-14,16,18H,7-11H2,1-2H3/t13-,14-,16-/m0/s1. The van der Waals surface area contributed by atoms with Gasteiger partial charge in [0.1, 0.15) is 18.5 Å². The highest BCUT2D eigenvalue weighted by Crippen LogP contribution is 2.24. The van der Waals surface area contributed by atoms with E-state index in [1.165, 1.54) is 5.56 Å². The molecule has 1 N–H and O–H groups in total. The molecule has 0 aromatic heterocycles. The van der Waals surface area contributed by atoms with Crippen LogP contribution in [0.4, 0.5) is 0 Å². The Morgan fingerprint density at radius 2 is 2.14 bits per heavy atom. The zero-order chi connectivity index (χ0) is 15.5. The van der Waals surface area contributed by atoms with Crippen LogP contribution >= 0.6 is 0 Å². The number of rotatable bonds is 4. The van der Waals surface area contributed by atoms with Crippen molar-refractivity contribution in [3.05, 3.63) is 29.8 Å². The van der Waals surface area contributed by atoms with Crippen molar-refractivity contribution >= 4 is 5.91 Å². The molecule has 120 valence electrons. The molecule has 1 amide bonds. The van der Waals surface area contributed by atoms with E-state index < -0.39 is 0 Å². The highest BCUT2D eigenvalue weighted by Gasteiger charge is 2.32. The maximum Gasteiger partial charge on any atom is 0.251 e. The summed E-state index contributed by atoms with van der Waals surface area (Å²) in [6.07, 6.45) is 2.56. The van der Waals surface area contributed by atoms with E-state index in [0.717, 1.165) is 31.6 Å². The molecule has 1 saturated heterocycles. The van der Waals surface area contributed by atoms with Crippen molar-refractivity contribution in [3.63, 3.8) is 0 Å². The van der Waals surface area contributed by atoms with Crippen molar-refractivity contribution in [2.45, 2.75) is 37.5 Å². The third-order valence-electron chi connectivity index (χ3n) is 4.34. The fraction of sp³-hybridized carbons (Fsp3) is 0.588. The van der Waals surface area contributed by atoms with Gasteiger partial charge >= 0.3 is 0 Å². The summed E-state index contributed by atoms with van der Waals surface area (Å²) in [7, 11) is 3.54. The molecule has 22 heavy (non-hydrogen) atoms. The Balaban J connectivity index is 1.46. The zero-order valence-corrected chi connectivity index (χ0v) is 13.2. The zero-order valence-electron chi connectivity index (χ0n) is 13.2. The van der Waals surface area contributed by atoms with E-state index in [4.69, 9.17) is 9.47 Å². The number of likely N-dealkylation sites (N-methyl/N-ethyl adjacent to an activating group) is 1. The minimum absolute atomic E-state index is 0.0671. The number of ether oxygens (including phenoxy) is 2. The van der Waals surface area contributed by atoms with Gasteiger partial charge in [-0.15, -0.1) is 0 Å². The first-order valence-electron chi connectivity index (χ1n) is 7.94. The molecule has 0 aliphatic carbocycles. The predicted molar refractivity (Wildman–Crippen MR) is 84.0 cm³/mol. The molecule has 2 aliphatic heterocycles. The normalized spacial score (nSPS) is 27.1. The molecule has 1 fully saturated rings. The van der Waals surface area contributed by atoms with Crippen molar-refractivity contribution in [3.8, 4) is 5.75 Å². The summed E-state index contributed by atoms with van der Waals surface area (Å²) >= 11 is 0. The van der Waals surface area contributed by atoms with Gasteiger partial charge in [0.05, 0.1) is 6.10 Å². The fourth-order valence-corrected chi connectivity index (χ4v) is 3.08. The van der Waals surface area contributed by atoms with Crippen molar-refractivity contribution in [1.29, 1.82) is 0 Å². The first kappa shape index (κ1) is 15.3. The maximum atomic E-state index is 11.9. The van der Waals surface area contributed by atoms with Crippen molar-refractivity contribution in [2.75, 3.05) is 27.2 Å². The third kappa shape index (κ3) is 3.42. The molecule has 3 atom stereocenters. The third-order valence-corrected chi connectivity index (χ3v) is 4.34. The van der Waals surface area contributed by atoms with E-state index in [2.05, 4.69) is 11.4 Å². The van der Waals surface area contributed by atoms with Crippen LogP contribution in [0.1, 0.15) is 18.4 Å². The number of hydrogen-bond donors (Lipinski definition) is 1. The number of carbonyl (C=O) groups excluding carboxylic acids is 1. The second-order valence-corrected chi connectivity index (χ2v) is 6.28. The topological polar surface area (TPSA) is 50.8 Å². The summed E-state index contributed by atoms with van der Waals surface area (Å²) in [6.45, 7) is 1.46. The van der Waals surface area contributed by atoms with Crippen molar-refractivity contribution in [1.82, 2.24) is 10.2 Å². The maximum absolute atomic E-state index is 11.9. The van der Waals surface area contributed by atoms with Gasteiger partial charge in [-0.1, -0.05) is 18.2 Å². The lowest BCUT2D eigenvalue weighted by molar-refractivity contribution is -0.140. The van der Waals surface area contributed by atoms with Crippen LogP contribution in [-0.4, -0.2) is 56.3 Å². The minimum atomic E-state index is -0.273. The van der Waals surface area contributed by atoms with Gasteiger partial charge < -0.3 is 19.7 Å². The molecule has 0 saturated carbocycles. The van der Waals surface area contributed by atoms with Gasteiger partial charge in [-0.3, -0.25) is 4.79 Å². The first-order valence-corrected chi connectivity index (χ1v) is 7.94. The van der Waals surface area contributed by atoms with Crippen LogP contribution in [0.2, 0.25) is 0 Å². The average molecular weight is 304 g/mol. The lowest BCUT2D eigenvalue weighted by Crippen LogP contribution is -2.43. The van der Waals surface area contributed by atoms with Crippen LogP contribution in [0.15, 0.2) is 24.3 Å². The smallest absolute Gasteiger partial charge is 0.251 e. The number of nitrogens with zero attached hydrogens (tertiary/aromatic N) is 1. The summed E-state index contributed by atoms with van der Waals surface area (Å²) in [6, 6.07) is 8.48. The molecule has 1 aromatic rings. The summed E-state index contributed by atoms with van der Waals surface area (Å²) in [5.74, 6) is 1.06. The molecule has 0 radical (unpaired) electrons. The molecule has 5 nitrogen and oxygen atoms in total. The number of carbonyl (C=O) groups is 1. The average Bonchev–Trinajstić information content (AvgIpc) is 3.00. The Kier molecular flexibility index (Phi) is 4.64. The van der Waals surface area contributed by atoms with E-state index in [0.29, 0.717) is 12.6 Å². The quantitative estimate of drug-likeness (QED) is 0.908. The van der Waals surface area contributed by atoms with Crippen LogP contribution in [0.25, 0.3) is 0 Å². The predicted octanol–water partition coefficient (Wildman–Crippen LogP) is 1.22.